The third kappa shape index (κ3) is 30.2. The van der Waals surface area contributed by atoms with Crippen molar-refractivity contribution in [3.05, 3.63) is 90.0 Å². The van der Waals surface area contributed by atoms with Crippen LogP contribution in [0, 0.1) is 11.8 Å². The number of urea groups is 1. The largest absolute Gasteiger partial charge is 0.497 e. The van der Waals surface area contributed by atoms with E-state index < -0.39 is 109 Å². The highest BCUT2D eigenvalue weighted by Gasteiger charge is 2.33. The van der Waals surface area contributed by atoms with Crippen molar-refractivity contribution in [1.29, 1.82) is 0 Å². The number of nitrogens with one attached hydrogen (secondary N) is 8. The van der Waals surface area contributed by atoms with E-state index >= 15 is 0 Å². The molecule has 0 unspecified atom stereocenters. The summed E-state index contributed by atoms with van der Waals surface area (Å²) in [4.78, 5) is 172. The van der Waals surface area contributed by atoms with Crippen LogP contribution < -0.4 is 47.3 Å². The van der Waals surface area contributed by atoms with Gasteiger partial charge in [-0.3, -0.25) is 62.8 Å². The van der Waals surface area contributed by atoms with Crippen LogP contribution in [0.3, 0.4) is 0 Å². The van der Waals surface area contributed by atoms with Crippen LogP contribution in [0.15, 0.2) is 78.9 Å². The smallest absolute Gasteiger partial charge is 0.338 e. The Kier molecular flexibility index (Phi) is 35.0. The van der Waals surface area contributed by atoms with Crippen molar-refractivity contribution >= 4 is 98.8 Å². The van der Waals surface area contributed by atoms with Crippen molar-refractivity contribution in [2.45, 2.75) is 127 Å². The molecule has 14 N–H and O–H groups in total. The van der Waals surface area contributed by atoms with Crippen LogP contribution in [0.1, 0.15) is 94.6 Å². The number of rotatable bonds is 41. The molecule has 1 aliphatic heterocycles. The Morgan fingerprint density at radius 3 is 1.50 bits per heavy atom. The van der Waals surface area contributed by atoms with E-state index in [2.05, 4.69) is 37.2 Å². The van der Waals surface area contributed by atoms with Gasteiger partial charge in [-0.2, -0.15) is 0 Å². The quantitative estimate of drug-likeness (QED) is 0.0222. The number of aryl methyl sites for hydroxylation is 1. The molecule has 0 aromatic heterocycles. The van der Waals surface area contributed by atoms with Crippen molar-refractivity contribution in [3.63, 3.8) is 0 Å². The molecule has 6 rings (SSSR count). The second-order valence-electron chi connectivity index (χ2n) is 26.5. The first-order valence-corrected chi connectivity index (χ1v) is 35.4. The van der Waals surface area contributed by atoms with Crippen LogP contribution >= 0.6 is 0 Å². The van der Waals surface area contributed by atoms with Crippen LogP contribution in [0.5, 0.6) is 5.75 Å². The van der Waals surface area contributed by atoms with Gasteiger partial charge in [0.25, 0.3) is 0 Å². The third-order valence-corrected chi connectivity index (χ3v) is 18.6. The molecule has 1 saturated heterocycles. The Labute approximate surface area is 606 Å². The highest BCUT2D eigenvalue weighted by Crippen LogP contribution is 2.32. The molecule has 33 heteroatoms. The predicted octanol–water partition coefficient (Wildman–Crippen LogP) is 1.64. The average Bonchev–Trinajstić information content (AvgIpc) is 0.773. The molecule has 0 spiro atoms. The number of carboxylic acids is 6. The SMILES string of the molecule is COc1ccc(CCCC(=O)NCC(=O)N[C@@H](CCCCNC(=O)CN2CCN(CC(=O)O)CCN(CC(=O)O)CCN(CC(=O)O)CC2)C(=O)NC[C@H]2CC[C@H](C(=O)N[C@@H](Cc3c4ccccc4cc4ccccc34)C(=O)NCCCC[C@H](NC(=O)N[C@@H](C[C@@H](F)C(=O)O)C(=O)O)C(=O)O)CC2)cc1. The van der Waals surface area contributed by atoms with Crippen LogP contribution in [-0.2, 0) is 70.4 Å². The van der Waals surface area contributed by atoms with Gasteiger partial charge >= 0.3 is 41.8 Å². The van der Waals surface area contributed by atoms with Gasteiger partial charge in [0, 0.05) is 97.2 Å². The Bertz CT molecular complexity index is 3530. The first-order chi connectivity index (χ1) is 50.2. The summed E-state index contributed by atoms with van der Waals surface area (Å²) in [5.74, 6) is -11.1. The van der Waals surface area contributed by atoms with Crippen molar-refractivity contribution in [1.82, 2.24) is 62.1 Å². The van der Waals surface area contributed by atoms with E-state index in [1.54, 1.807) is 26.7 Å². The molecule has 1 aliphatic carbocycles. The monoisotopic (exact) mass is 1470 g/mol. The van der Waals surface area contributed by atoms with Gasteiger partial charge < -0.3 is 77.9 Å². The number of alkyl halides is 1. The molecule has 32 nitrogen and oxygen atoms in total. The van der Waals surface area contributed by atoms with Gasteiger partial charge in [0.05, 0.1) is 39.8 Å². The fourth-order valence-electron chi connectivity index (χ4n) is 12.8. The summed E-state index contributed by atoms with van der Waals surface area (Å²) in [5, 5.41) is 81.6. The van der Waals surface area contributed by atoms with E-state index in [9.17, 15) is 92.3 Å². The number of hydrogen-bond donors (Lipinski definition) is 14. The number of aliphatic carboxylic acids is 6. The lowest BCUT2D eigenvalue weighted by Gasteiger charge is -2.32. The number of benzene rings is 4. The highest BCUT2D eigenvalue weighted by molar-refractivity contribution is 6.03. The lowest BCUT2D eigenvalue weighted by atomic mass is 9.81. The summed E-state index contributed by atoms with van der Waals surface area (Å²) in [6.45, 7) is 0.659. The maximum atomic E-state index is 14.4. The molecule has 2 aliphatic rings. The number of ether oxygens (including phenoxy) is 1. The van der Waals surface area contributed by atoms with E-state index in [4.69, 9.17) is 9.84 Å². The fraction of sp³-hybridized carbons (Fsp3) is 0.542. The Balaban J connectivity index is 1.05. The van der Waals surface area contributed by atoms with Crippen LogP contribution in [0.25, 0.3) is 21.5 Å². The summed E-state index contributed by atoms with van der Waals surface area (Å²) >= 11 is 0. The van der Waals surface area contributed by atoms with E-state index in [0.717, 1.165) is 32.7 Å². The van der Waals surface area contributed by atoms with Crippen LogP contribution in [0.4, 0.5) is 9.18 Å². The number of methoxy groups -OCH3 is 1. The molecule has 8 amide bonds. The lowest BCUT2D eigenvalue weighted by Crippen LogP contribution is -2.52. The van der Waals surface area contributed by atoms with Crippen molar-refractivity contribution in [2.75, 3.05) is 112 Å². The highest BCUT2D eigenvalue weighted by atomic mass is 19.1. The summed E-state index contributed by atoms with van der Waals surface area (Å²) in [6, 6.07) is 17.8. The second kappa shape index (κ2) is 43.9. The molecule has 0 radical (unpaired) electrons. The van der Waals surface area contributed by atoms with Gasteiger partial charge in [0.15, 0.2) is 6.17 Å². The number of hydrogen-bond acceptors (Lipinski definition) is 18. The Morgan fingerprint density at radius 1 is 0.495 bits per heavy atom. The third-order valence-electron chi connectivity index (χ3n) is 18.6. The molecule has 574 valence electrons. The normalized spacial score (nSPS) is 17.1. The molecule has 1 saturated carbocycles. The number of nitrogens with zero attached hydrogens (tertiary/aromatic N) is 4. The number of halogens is 1. The minimum absolute atomic E-state index is 0.0127. The minimum atomic E-state index is -2.62. The molecule has 1 heterocycles. The molecular weight excluding hydrogens is 1370 g/mol. The van der Waals surface area contributed by atoms with E-state index in [1.807, 2.05) is 84.2 Å². The first-order valence-electron chi connectivity index (χ1n) is 35.4. The summed E-state index contributed by atoms with van der Waals surface area (Å²) < 4.78 is 19.0. The summed E-state index contributed by atoms with van der Waals surface area (Å²) in [7, 11) is 1.57. The number of fused-ring (bicyclic) bond motifs is 2. The second-order valence-corrected chi connectivity index (χ2v) is 26.5. The van der Waals surface area contributed by atoms with Gasteiger partial charge in [-0.25, -0.2) is 23.6 Å². The van der Waals surface area contributed by atoms with Gasteiger partial charge in [-0.15, -0.1) is 0 Å². The predicted molar refractivity (Wildman–Crippen MR) is 380 cm³/mol. The number of unbranched alkanes of at least 4 members (excludes halogenated alkanes) is 2. The lowest BCUT2D eigenvalue weighted by molar-refractivity contribution is -0.145. The van der Waals surface area contributed by atoms with Gasteiger partial charge in [0.1, 0.15) is 29.9 Å². The van der Waals surface area contributed by atoms with Crippen molar-refractivity contribution < 1.29 is 102 Å². The van der Waals surface area contributed by atoms with Gasteiger partial charge in [-0.1, -0.05) is 60.7 Å². The van der Waals surface area contributed by atoms with Crippen LogP contribution in [0.2, 0.25) is 0 Å². The van der Waals surface area contributed by atoms with E-state index in [-0.39, 0.29) is 160 Å². The minimum Gasteiger partial charge on any atom is -0.497 e. The summed E-state index contributed by atoms with van der Waals surface area (Å²) in [5.41, 5.74) is 1.81. The number of carbonyl (C=O) groups excluding carboxylic acids is 7. The number of carbonyl (C=O) groups is 13. The number of amides is 8. The Hall–Kier alpha value is -10.1. The zero-order valence-corrected chi connectivity index (χ0v) is 59.0. The maximum Gasteiger partial charge on any atom is 0.338 e. The zero-order chi connectivity index (χ0) is 76.4. The van der Waals surface area contributed by atoms with E-state index in [1.165, 1.54) is 0 Å². The first kappa shape index (κ1) is 83.8. The molecule has 105 heavy (non-hydrogen) atoms. The van der Waals surface area contributed by atoms with Crippen molar-refractivity contribution in [3.8, 4) is 5.75 Å². The molecule has 5 atom stereocenters. The average molecular weight is 1470 g/mol. The van der Waals surface area contributed by atoms with Gasteiger partial charge in [-0.05, 0) is 134 Å². The van der Waals surface area contributed by atoms with Gasteiger partial charge in [0.2, 0.25) is 35.4 Å². The fourth-order valence-corrected chi connectivity index (χ4v) is 12.8. The standard InChI is InChI=1S/C72H99FN12O20/c1-105-51-25-21-46(22-26-51)11-10-18-60(86)76-41-61(87)78-56(16-6-8-27-74-62(88)42-82-29-31-83(43-63(89)90)33-35-85(45-65(93)94)36-34-84(32-30-82)44-64(91)92)67(96)77-40-47-19-23-48(24-20-47)66(95)79-58(38-54-52-14-4-2-12-49(52)37-50-13-3-5-15-53(50)54)68(97)75-28-9-7-17-57(70(100)101)80-72(104)81-59(71(102)103)39-55(73)69(98)99/h2-5,12-15,21-22,25-26,37,47-48,55-59H,6-11,16-20,23-24,27-36,38-45H2,1H3,(H,74,88)(H,75,97)(H,76,86)(H,77,96)(H,78,87)(H,79,95)(H,89,90)(H,91,92)(H,93,94)(H,98,99)(H,100,101)(H,102,103)(H2,80,81,104)/t47-,48-,55-,56+,57+,58+,59+/m1/s1. The molecule has 0 bridgehead atoms. The zero-order valence-electron chi connectivity index (χ0n) is 59.0. The van der Waals surface area contributed by atoms with Crippen LogP contribution in [-0.4, -0.2) is 270 Å². The summed E-state index contributed by atoms with van der Waals surface area (Å²) in [6.07, 6.45) is 0.399. The maximum absolute atomic E-state index is 14.4. The number of carboxylic acid groups (broad SMARTS) is 6. The van der Waals surface area contributed by atoms with E-state index in [0.29, 0.717) is 57.1 Å². The molecule has 4 aromatic carbocycles. The molecule has 4 aromatic rings. The molecule has 2 fully saturated rings. The Morgan fingerprint density at radius 2 is 0.990 bits per heavy atom. The topological polar surface area (TPSA) is 462 Å². The van der Waals surface area contributed by atoms with Crippen molar-refractivity contribution in [2.24, 2.45) is 11.8 Å². The molecular formula is C72H99FN12O20.